The lowest BCUT2D eigenvalue weighted by Gasteiger charge is -2.42. The lowest BCUT2D eigenvalue weighted by molar-refractivity contribution is -0.134. The molecule has 5 unspecified atom stereocenters. The molecule has 0 saturated carbocycles. The number of aliphatic hydroxyl groups is 1. The van der Waals surface area contributed by atoms with E-state index in [1.54, 1.807) is 4.90 Å². The van der Waals surface area contributed by atoms with Crippen molar-refractivity contribution in [2.24, 2.45) is 11.8 Å². The molecule has 162 valence electrons. The number of benzene rings is 1. The van der Waals surface area contributed by atoms with Crippen molar-refractivity contribution in [2.75, 3.05) is 20.7 Å². The molecule has 10 heteroatoms. The third kappa shape index (κ3) is 4.13. The molecule has 3 rings (SSSR count). The van der Waals surface area contributed by atoms with Crippen molar-refractivity contribution < 1.29 is 23.1 Å². The number of fused-ring (bicyclic) bond motifs is 1. The number of rotatable bonds is 6. The Morgan fingerprint density at radius 3 is 2.48 bits per heavy atom. The standard InChI is InChI=1S/C19H28F3N5O2/c1-9(2)15(10-5-6-11(16(21)22)12(20)7-10)27-17-14(13(8-28)25-27)18(29)24-19(23-17)26(3)4/h5-7,9,13-17,19,23,25,28H,8H2,1-4H3,(H,24,29). The van der Waals surface area contributed by atoms with Gasteiger partial charge < -0.3 is 10.4 Å². The van der Waals surface area contributed by atoms with Gasteiger partial charge in [-0.25, -0.2) is 23.6 Å². The van der Waals surface area contributed by atoms with E-state index in [0.29, 0.717) is 5.56 Å². The van der Waals surface area contributed by atoms with Gasteiger partial charge in [-0.05, 0) is 31.6 Å². The Hall–Kier alpha value is -1.72. The predicted octanol–water partition coefficient (Wildman–Crippen LogP) is 1.15. The molecule has 1 amide bonds. The first-order chi connectivity index (χ1) is 13.6. The molecule has 0 aromatic heterocycles. The number of nitrogens with zero attached hydrogens (tertiary/aromatic N) is 2. The molecule has 2 fully saturated rings. The fourth-order valence-corrected chi connectivity index (χ4v) is 4.15. The molecule has 0 radical (unpaired) electrons. The molecular formula is C19H28F3N5O2. The fourth-order valence-electron chi connectivity index (χ4n) is 4.15. The molecule has 2 saturated heterocycles. The zero-order valence-corrected chi connectivity index (χ0v) is 16.9. The molecule has 4 N–H and O–H groups in total. The van der Waals surface area contributed by atoms with Crippen molar-refractivity contribution in [1.82, 2.24) is 26.0 Å². The molecule has 5 atom stereocenters. The first-order valence-electron chi connectivity index (χ1n) is 9.61. The zero-order valence-electron chi connectivity index (χ0n) is 16.9. The Balaban J connectivity index is 1.98. The van der Waals surface area contributed by atoms with Gasteiger partial charge in [0.15, 0.2) is 0 Å². The summed E-state index contributed by atoms with van der Waals surface area (Å²) in [6.45, 7) is 3.60. The third-order valence-electron chi connectivity index (χ3n) is 5.54. The molecule has 2 aliphatic rings. The normalized spacial score (nSPS) is 28.9. The summed E-state index contributed by atoms with van der Waals surface area (Å²) in [7, 11) is 3.62. The van der Waals surface area contributed by atoms with E-state index < -0.39 is 48.3 Å². The number of amides is 1. The van der Waals surface area contributed by atoms with Crippen LogP contribution in [-0.4, -0.2) is 60.1 Å². The number of carbonyl (C=O) groups excluding carboxylic acids is 1. The number of halogens is 3. The summed E-state index contributed by atoms with van der Waals surface area (Å²) in [5.74, 6) is -1.77. The van der Waals surface area contributed by atoms with Crippen LogP contribution in [0, 0.1) is 17.7 Å². The van der Waals surface area contributed by atoms with Crippen LogP contribution < -0.4 is 16.1 Å². The van der Waals surface area contributed by atoms with Crippen LogP contribution in [0.1, 0.15) is 37.4 Å². The molecule has 1 aromatic carbocycles. The van der Waals surface area contributed by atoms with Gasteiger partial charge in [-0.2, -0.15) is 0 Å². The number of hydrogen-bond acceptors (Lipinski definition) is 6. The highest BCUT2D eigenvalue weighted by atomic mass is 19.3. The molecule has 2 aliphatic heterocycles. The Bertz CT molecular complexity index is 749. The number of alkyl halides is 2. The van der Waals surface area contributed by atoms with Crippen molar-refractivity contribution in [3.05, 3.63) is 35.1 Å². The van der Waals surface area contributed by atoms with Crippen LogP contribution in [0.5, 0.6) is 0 Å². The first kappa shape index (κ1) is 22.0. The lowest BCUT2D eigenvalue weighted by atomic mass is 9.92. The SMILES string of the molecule is CC(C)C(c1ccc(C(F)F)c(F)c1)N1NC(CO)C2C(=O)NC(N(C)C)NC21. The largest absolute Gasteiger partial charge is 0.395 e. The Kier molecular flexibility index (Phi) is 6.49. The highest BCUT2D eigenvalue weighted by molar-refractivity contribution is 5.81. The van der Waals surface area contributed by atoms with Crippen LogP contribution >= 0.6 is 0 Å². The van der Waals surface area contributed by atoms with Gasteiger partial charge in [-0.15, -0.1) is 0 Å². The van der Waals surface area contributed by atoms with E-state index in [9.17, 15) is 23.1 Å². The number of hydrogen-bond donors (Lipinski definition) is 4. The summed E-state index contributed by atoms with van der Waals surface area (Å²) in [6, 6.07) is 2.78. The van der Waals surface area contributed by atoms with E-state index in [2.05, 4.69) is 16.1 Å². The Labute approximate surface area is 168 Å². The fraction of sp³-hybridized carbons (Fsp3) is 0.632. The summed E-state index contributed by atoms with van der Waals surface area (Å²) in [5.41, 5.74) is 3.06. The minimum absolute atomic E-state index is 0.0398. The van der Waals surface area contributed by atoms with Crippen molar-refractivity contribution in [2.45, 2.75) is 44.8 Å². The predicted molar refractivity (Wildman–Crippen MR) is 101 cm³/mol. The number of nitrogens with one attached hydrogen (secondary N) is 3. The average Bonchev–Trinajstić information content (AvgIpc) is 3.00. The van der Waals surface area contributed by atoms with E-state index in [4.69, 9.17) is 0 Å². The van der Waals surface area contributed by atoms with Gasteiger partial charge in [0.25, 0.3) is 6.43 Å². The molecule has 0 spiro atoms. The third-order valence-corrected chi connectivity index (χ3v) is 5.54. The number of aliphatic hydroxyl groups excluding tert-OH is 1. The lowest BCUT2D eigenvalue weighted by Crippen LogP contribution is -2.68. The second-order valence-corrected chi connectivity index (χ2v) is 8.11. The molecule has 29 heavy (non-hydrogen) atoms. The molecule has 7 nitrogen and oxygen atoms in total. The first-order valence-corrected chi connectivity index (χ1v) is 9.61. The zero-order chi connectivity index (χ0) is 21.5. The van der Waals surface area contributed by atoms with Crippen LogP contribution in [-0.2, 0) is 4.79 Å². The highest BCUT2D eigenvalue weighted by Crippen LogP contribution is 2.37. The summed E-state index contributed by atoms with van der Waals surface area (Å²) >= 11 is 0. The van der Waals surface area contributed by atoms with Crippen molar-refractivity contribution in [3.63, 3.8) is 0 Å². The second-order valence-electron chi connectivity index (χ2n) is 8.11. The summed E-state index contributed by atoms with van der Waals surface area (Å²) in [6.07, 6.45) is -3.78. The summed E-state index contributed by atoms with van der Waals surface area (Å²) < 4.78 is 40.2. The maximum Gasteiger partial charge on any atom is 0.266 e. The topological polar surface area (TPSA) is 79.9 Å². The van der Waals surface area contributed by atoms with Gasteiger partial charge in [0, 0.05) is 0 Å². The van der Waals surface area contributed by atoms with Crippen LogP contribution in [0.3, 0.4) is 0 Å². The molecule has 0 aliphatic carbocycles. The van der Waals surface area contributed by atoms with E-state index in [-0.39, 0.29) is 18.4 Å². The van der Waals surface area contributed by atoms with E-state index >= 15 is 0 Å². The van der Waals surface area contributed by atoms with Gasteiger partial charge in [0.2, 0.25) is 5.91 Å². The Morgan fingerprint density at radius 2 is 1.97 bits per heavy atom. The Morgan fingerprint density at radius 1 is 1.28 bits per heavy atom. The van der Waals surface area contributed by atoms with Crippen LogP contribution in [0.2, 0.25) is 0 Å². The van der Waals surface area contributed by atoms with Gasteiger partial charge in [0.05, 0.1) is 36.3 Å². The van der Waals surface area contributed by atoms with Crippen LogP contribution in [0.25, 0.3) is 0 Å². The summed E-state index contributed by atoms with van der Waals surface area (Å²) in [5, 5.41) is 17.8. The quantitative estimate of drug-likeness (QED) is 0.558. The minimum atomic E-state index is -2.89. The van der Waals surface area contributed by atoms with Crippen LogP contribution in [0.15, 0.2) is 18.2 Å². The van der Waals surface area contributed by atoms with Crippen molar-refractivity contribution in [3.8, 4) is 0 Å². The molecule has 2 heterocycles. The number of carbonyl (C=O) groups is 1. The monoisotopic (exact) mass is 415 g/mol. The number of hydrazine groups is 1. The average molecular weight is 415 g/mol. The molecular weight excluding hydrogens is 387 g/mol. The maximum atomic E-state index is 14.3. The highest BCUT2D eigenvalue weighted by Gasteiger charge is 2.52. The van der Waals surface area contributed by atoms with Gasteiger partial charge in [0.1, 0.15) is 12.1 Å². The van der Waals surface area contributed by atoms with Gasteiger partial charge in [-0.1, -0.05) is 26.0 Å². The van der Waals surface area contributed by atoms with E-state index in [1.807, 2.05) is 33.0 Å². The molecule has 1 aromatic rings. The maximum absolute atomic E-state index is 14.3. The smallest absolute Gasteiger partial charge is 0.266 e. The van der Waals surface area contributed by atoms with Gasteiger partial charge in [-0.3, -0.25) is 15.0 Å². The van der Waals surface area contributed by atoms with Gasteiger partial charge >= 0.3 is 0 Å². The van der Waals surface area contributed by atoms with Crippen molar-refractivity contribution >= 4 is 5.91 Å². The van der Waals surface area contributed by atoms with E-state index in [1.165, 1.54) is 6.07 Å². The van der Waals surface area contributed by atoms with Crippen LogP contribution in [0.4, 0.5) is 13.2 Å². The van der Waals surface area contributed by atoms with Crippen molar-refractivity contribution in [1.29, 1.82) is 0 Å². The van der Waals surface area contributed by atoms with E-state index in [0.717, 1.165) is 12.1 Å². The second kappa shape index (κ2) is 8.57. The molecule has 0 bridgehead atoms. The summed E-state index contributed by atoms with van der Waals surface area (Å²) in [4.78, 5) is 14.5. The minimum Gasteiger partial charge on any atom is -0.395 e.